The highest BCUT2D eigenvalue weighted by Crippen LogP contribution is 2.33. The van der Waals surface area contributed by atoms with Crippen LogP contribution >= 0.6 is 23.4 Å². The number of ether oxygens (including phenoxy) is 1. The summed E-state index contributed by atoms with van der Waals surface area (Å²) in [4.78, 5) is 12.8. The van der Waals surface area contributed by atoms with Gasteiger partial charge in [0.2, 0.25) is 0 Å². The molecule has 0 atom stereocenters. The van der Waals surface area contributed by atoms with Crippen molar-refractivity contribution >= 4 is 35.4 Å². The van der Waals surface area contributed by atoms with E-state index in [-0.39, 0.29) is 5.56 Å². The number of esters is 1. The fraction of sp³-hybridized carbons (Fsp3) is 0.167. The van der Waals surface area contributed by atoms with E-state index in [4.69, 9.17) is 16.3 Å². The molecule has 2 aromatic carbocycles. The van der Waals surface area contributed by atoms with Gasteiger partial charge < -0.3 is 4.74 Å². The molecule has 0 saturated carbocycles. The summed E-state index contributed by atoms with van der Waals surface area (Å²) in [5.74, 6) is -0.434. The summed E-state index contributed by atoms with van der Waals surface area (Å²) in [7, 11) is 0. The zero-order chi connectivity index (χ0) is 17.5. The van der Waals surface area contributed by atoms with Crippen molar-refractivity contribution in [3.8, 4) is 0 Å². The second kappa shape index (κ2) is 8.85. The summed E-state index contributed by atoms with van der Waals surface area (Å²) in [6.07, 6.45) is 0.389. The molecule has 0 unspecified atom stereocenters. The fourth-order valence-electron chi connectivity index (χ4n) is 1.90. The number of hydrogen-bond donors (Lipinski definition) is 0. The van der Waals surface area contributed by atoms with E-state index in [2.05, 4.69) is 0 Å². The average Bonchev–Trinajstić information content (AvgIpc) is 2.54. The second-order valence-electron chi connectivity index (χ2n) is 4.74. The third-order valence-corrected chi connectivity index (χ3v) is 4.31. The van der Waals surface area contributed by atoms with Gasteiger partial charge in [0.25, 0.3) is 6.43 Å². The van der Waals surface area contributed by atoms with Crippen LogP contribution in [0.5, 0.6) is 0 Å². The van der Waals surface area contributed by atoms with Gasteiger partial charge in [-0.05, 0) is 42.8 Å². The van der Waals surface area contributed by atoms with Crippen LogP contribution in [0.4, 0.5) is 8.78 Å². The molecule has 24 heavy (non-hydrogen) atoms. The Kier molecular flexibility index (Phi) is 6.82. The van der Waals surface area contributed by atoms with Crippen LogP contribution in [0.1, 0.15) is 24.5 Å². The summed E-state index contributed by atoms with van der Waals surface area (Å²) in [5, 5.41) is 0.463. The molecule has 0 radical (unpaired) electrons. The summed E-state index contributed by atoms with van der Waals surface area (Å²) in [6, 6.07) is 11.5. The molecule has 0 spiro atoms. The highest BCUT2D eigenvalue weighted by molar-refractivity contribution is 7.99. The van der Waals surface area contributed by atoms with Crippen molar-refractivity contribution in [3.05, 3.63) is 64.7 Å². The fourth-order valence-corrected chi connectivity index (χ4v) is 3.14. The predicted octanol–water partition coefficient (Wildman–Crippen LogP) is 6.01. The normalized spacial score (nSPS) is 11.2. The first kappa shape index (κ1) is 18.5. The van der Waals surface area contributed by atoms with Gasteiger partial charge in [-0.3, -0.25) is 0 Å². The second-order valence-corrected chi connectivity index (χ2v) is 6.30. The van der Waals surface area contributed by atoms with E-state index in [1.54, 1.807) is 37.3 Å². The lowest BCUT2D eigenvalue weighted by Gasteiger charge is -2.06. The molecule has 0 aliphatic rings. The van der Waals surface area contributed by atoms with E-state index in [1.807, 2.05) is 6.07 Å². The van der Waals surface area contributed by atoms with Gasteiger partial charge in [-0.15, -0.1) is 0 Å². The van der Waals surface area contributed by atoms with Crippen molar-refractivity contribution in [2.45, 2.75) is 23.1 Å². The molecule has 126 valence electrons. The zero-order valence-corrected chi connectivity index (χ0v) is 14.4. The largest absolute Gasteiger partial charge is 0.463 e. The smallest absolute Gasteiger partial charge is 0.330 e. The Morgan fingerprint density at radius 2 is 2.00 bits per heavy atom. The van der Waals surface area contributed by atoms with Gasteiger partial charge in [0.1, 0.15) is 0 Å². The molecule has 0 N–H and O–H groups in total. The number of hydrogen-bond acceptors (Lipinski definition) is 3. The van der Waals surface area contributed by atoms with Gasteiger partial charge in [-0.1, -0.05) is 41.6 Å². The lowest BCUT2D eigenvalue weighted by Crippen LogP contribution is -1.98. The first-order valence-corrected chi connectivity index (χ1v) is 8.39. The van der Waals surface area contributed by atoms with Gasteiger partial charge in [0.15, 0.2) is 0 Å². The number of benzene rings is 2. The molecule has 0 fully saturated rings. The highest BCUT2D eigenvalue weighted by Gasteiger charge is 2.08. The Hall–Kier alpha value is -1.85. The Morgan fingerprint density at radius 1 is 1.25 bits per heavy atom. The van der Waals surface area contributed by atoms with Crippen LogP contribution < -0.4 is 0 Å². The monoisotopic (exact) mass is 368 g/mol. The molecule has 6 heteroatoms. The minimum absolute atomic E-state index is 0.0138. The quantitative estimate of drug-likeness (QED) is 0.461. The van der Waals surface area contributed by atoms with Crippen LogP contribution in [0.2, 0.25) is 5.02 Å². The average molecular weight is 369 g/mol. The van der Waals surface area contributed by atoms with Crippen LogP contribution in [-0.4, -0.2) is 12.6 Å². The molecular weight excluding hydrogens is 354 g/mol. The summed E-state index contributed by atoms with van der Waals surface area (Å²) < 4.78 is 30.3. The molecule has 2 rings (SSSR count). The van der Waals surface area contributed by atoms with Crippen LogP contribution in [-0.2, 0) is 9.53 Å². The van der Waals surface area contributed by atoms with Crippen molar-refractivity contribution in [1.82, 2.24) is 0 Å². The van der Waals surface area contributed by atoms with E-state index in [0.717, 1.165) is 4.90 Å². The third-order valence-electron chi connectivity index (χ3n) is 3.00. The standard InChI is InChI=1S/C18H15ClF2O2S/c1-2-23-17(22)9-7-12-6-8-15(11-16(12)19)24-14-5-3-4-13(10-14)18(20)21/h3-11,18H,2H2,1H3. The third kappa shape index (κ3) is 5.35. The molecular formula is C18H15ClF2O2S. The highest BCUT2D eigenvalue weighted by atomic mass is 35.5. The minimum atomic E-state index is -2.50. The molecule has 0 aliphatic carbocycles. The Morgan fingerprint density at radius 3 is 2.67 bits per heavy atom. The lowest BCUT2D eigenvalue weighted by molar-refractivity contribution is -0.137. The molecule has 2 nitrogen and oxygen atoms in total. The van der Waals surface area contributed by atoms with Crippen molar-refractivity contribution in [2.75, 3.05) is 6.61 Å². The van der Waals surface area contributed by atoms with E-state index in [0.29, 0.717) is 22.1 Å². The van der Waals surface area contributed by atoms with Crippen LogP contribution in [0.3, 0.4) is 0 Å². The van der Waals surface area contributed by atoms with E-state index in [1.165, 1.54) is 30.0 Å². The van der Waals surface area contributed by atoms with Gasteiger partial charge in [0.05, 0.1) is 6.61 Å². The van der Waals surface area contributed by atoms with E-state index in [9.17, 15) is 13.6 Å². The van der Waals surface area contributed by atoms with Crippen LogP contribution in [0, 0.1) is 0 Å². The number of halogens is 3. The van der Waals surface area contributed by atoms with Crippen molar-refractivity contribution in [2.24, 2.45) is 0 Å². The zero-order valence-electron chi connectivity index (χ0n) is 12.8. The van der Waals surface area contributed by atoms with Crippen LogP contribution in [0.15, 0.2) is 58.3 Å². The molecule has 0 heterocycles. The molecule has 0 amide bonds. The molecule has 0 aliphatic heterocycles. The number of carbonyl (C=O) groups excluding carboxylic acids is 1. The number of carbonyl (C=O) groups is 1. The lowest BCUT2D eigenvalue weighted by atomic mass is 10.2. The molecule has 0 saturated heterocycles. The van der Waals surface area contributed by atoms with Gasteiger partial charge >= 0.3 is 5.97 Å². The van der Waals surface area contributed by atoms with Gasteiger partial charge in [-0.25, -0.2) is 13.6 Å². The van der Waals surface area contributed by atoms with Gasteiger partial charge in [0, 0.05) is 26.5 Å². The van der Waals surface area contributed by atoms with Gasteiger partial charge in [-0.2, -0.15) is 0 Å². The summed E-state index contributed by atoms with van der Waals surface area (Å²) in [6.45, 7) is 2.04. The van der Waals surface area contributed by atoms with Crippen molar-refractivity contribution < 1.29 is 18.3 Å². The van der Waals surface area contributed by atoms with Crippen molar-refractivity contribution in [3.63, 3.8) is 0 Å². The molecule has 0 aromatic heterocycles. The SMILES string of the molecule is CCOC(=O)C=Cc1ccc(Sc2cccc(C(F)F)c2)cc1Cl. The molecule has 2 aromatic rings. The first-order valence-electron chi connectivity index (χ1n) is 7.20. The maximum Gasteiger partial charge on any atom is 0.330 e. The number of rotatable bonds is 6. The van der Waals surface area contributed by atoms with E-state index >= 15 is 0 Å². The Balaban J connectivity index is 2.12. The van der Waals surface area contributed by atoms with Crippen LogP contribution in [0.25, 0.3) is 6.08 Å². The minimum Gasteiger partial charge on any atom is -0.463 e. The Bertz CT molecular complexity index is 748. The Labute approximate surface area is 148 Å². The first-order chi connectivity index (χ1) is 11.5. The number of alkyl halides is 2. The topological polar surface area (TPSA) is 26.3 Å². The predicted molar refractivity (Wildman–Crippen MR) is 92.6 cm³/mol. The maximum atomic E-state index is 12.7. The van der Waals surface area contributed by atoms with Crippen molar-refractivity contribution in [1.29, 1.82) is 0 Å². The summed E-state index contributed by atoms with van der Waals surface area (Å²) in [5.41, 5.74) is 0.662. The maximum absolute atomic E-state index is 12.7. The van der Waals surface area contributed by atoms with E-state index < -0.39 is 12.4 Å². The molecule has 0 bridgehead atoms. The summed E-state index contributed by atoms with van der Waals surface area (Å²) >= 11 is 7.54.